The predicted octanol–water partition coefficient (Wildman–Crippen LogP) is 1.50. The number of amides is 2. The molecule has 2 amide bonds. The Morgan fingerprint density at radius 2 is 1.94 bits per heavy atom. The number of benzene rings is 2. The molecule has 11 heteroatoms. The molecule has 176 valence electrons. The van der Waals surface area contributed by atoms with Gasteiger partial charge in [0.2, 0.25) is 5.91 Å². The minimum Gasteiger partial charge on any atom is -0.539 e. The van der Waals surface area contributed by atoms with Crippen LogP contribution in [0.1, 0.15) is 19.0 Å². The van der Waals surface area contributed by atoms with Gasteiger partial charge in [-0.25, -0.2) is 0 Å². The highest BCUT2D eigenvalue weighted by atomic mass is 32.1. The molecule has 2 aromatic carbocycles. The van der Waals surface area contributed by atoms with Crippen LogP contribution in [0.5, 0.6) is 11.7 Å². The summed E-state index contributed by atoms with van der Waals surface area (Å²) < 4.78 is 11.4. The highest BCUT2D eigenvalue weighted by Crippen LogP contribution is 2.29. The van der Waals surface area contributed by atoms with Gasteiger partial charge in [0.25, 0.3) is 11.6 Å². The number of anilines is 2. The molecule has 0 saturated carbocycles. The van der Waals surface area contributed by atoms with Gasteiger partial charge in [0, 0.05) is 5.69 Å². The zero-order chi connectivity index (χ0) is 24.2. The maximum atomic E-state index is 13.4. The summed E-state index contributed by atoms with van der Waals surface area (Å²) in [7, 11) is 1.56. The van der Waals surface area contributed by atoms with E-state index in [1.807, 2.05) is 13.0 Å². The molecule has 1 aliphatic rings. The Hall–Kier alpha value is -3.99. The number of para-hydroxylation sites is 1. The summed E-state index contributed by atoms with van der Waals surface area (Å²) in [6.45, 7) is 2.39. The van der Waals surface area contributed by atoms with Crippen molar-refractivity contribution in [3.63, 3.8) is 0 Å². The molecule has 0 radical (unpaired) electrons. The van der Waals surface area contributed by atoms with E-state index in [1.165, 1.54) is 9.58 Å². The molecule has 2 heterocycles. The predicted molar refractivity (Wildman–Crippen MR) is 124 cm³/mol. The smallest absolute Gasteiger partial charge is 0.256 e. The van der Waals surface area contributed by atoms with Crippen molar-refractivity contribution >= 4 is 40.5 Å². The Morgan fingerprint density at radius 1 is 1.24 bits per heavy atom. The third-order valence-corrected chi connectivity index (χ3v) is 5.77. The maximum Gasteiger partial charge on any atom is 0.256 e. The summed E-state index contributed by atoms with van der Waals surface area (Å²) >= 11 is 5.60. The first-order valence-corrected chi connectivity index (χ1v) is 11.0. The van der Waals surface area contributed by atoms with Crippen LogP contribution in [0.15, 0.2) is 59.1 Å². The zero-order valence-electron chi connectivity index (χ0n) is 18.6. The molecule has 1 atom stereocenters. The number of hydrogen-bond acceptors (Lipinski definition) is 7. The first kappa shape index (κ1) is 23.2. The standard InChI is InChI=1S/C23H23N5O5S/c1-3-32-17-11-9-15(10-12-17)24-20(29)13-18-21(30)28(16-7-5-4-6-8-16)23(34)27(18)14-19-22(31)33-25-26(19)2/h4-12,18H,3,13-14H2,1-2H3,(H-,24,25,29,31). The number of ether oxygens (including phenoxy) is 1. The lowest BCUT2D eigenvalue weighted by Gasteiger charge is -2.22. The molecule has 0 bridgehead atoms. The Bertz CT molecular complexity index is 1180. The van der Waals surface area contributed by atoms with Gasteiger partial charge in [-0.15, -0.1) is 0 Å². The Labute approximate surface area is 201 Å². The van der Waals surface area contributed by atoms with E-state index in [1.54, 1.807) is 60.5 Å². The Balaban J connectivity index is 1.57. The molecule has 34 heavy (non-hydrogen) atoms. The van der Waals surface area contributed by atoms with E-state index in [-0.39, 0.29) is 35.6 Å². The van der Waals surface area contributed by atoms with Crippen LogP contribution in [-0.2, 0) is 23.2 Å². The number of nitrogens with zero attached hydrogens (tertiary/aromatic N) is 4. The van der Waals surface area contributed by atoms with Crippen LogP contribution in [0.3, 0.4) is 0 Å². The van der Waals surface area contributed by atoms with Gasteiger partial charge in [-0.1, -0.05) is 22.9 Å². The average Bonchev–Trinajstić information content (AvgIpc) is 3.26. The number of hydrogen-bond donors (Lipinski definition) is 1. The van der Waals surface area contributed by atoms with Crippen molar-refractivity contribution in [1.82, 2.24) is 10.2 Å². The molecule has 1 N–H and O–H groups in total. The van der Waals surface area contributed by atoms with Crippen molar-refractivity contribution < 1.29 is 28.6 Å². The van der Waals surface area contributed by atoms with Crippen molar-refractivity contribution in [2.75, 3.05) is 16.8 Å². The Morgan fingerprint density at radius 3 is 2.56 bits per heavy atom. The van der Waals surface area contributed by atoms with Crippen molar-refractivity contribution in [2.45, 2.75) is 25.9 Å². The SMILES string of the molecule is CCOc1ccc(NC(=O)CC2C(=O)N(c3ccccc3)C(=S)N2Cc2c([O-])on[n+]2C)cc1. The van der Waals surface area contributed by atoms with Gasteiger partial charge in [0.1, 0.15) is 18.3 Å². The van der Waals surface area contributed by atoms with Crippen LogP contribution in [-0.4, -0.2) is 39.7 Å². The molecule has 1 fully saturated rings. The van der Waals surface area contributed by atoms with Crippen molar-refractivity contribution in [1.29, 1.82) is 0 Å². The highest BCUT2D eigenvalue weighted by molar-refractivity contribution is 7.80. The molecule has 10 nitrogen and oxygen atoms in total. The summed E-state index contributed by atoms with van der Waals surface area (Å²) in [5, 5.41) is 18.7. The van der Waals surface area contributed by atoms with Crippen molar-refractivity contribution in [3.05, 3.63) is 60.3 Å². The van der Waals surface area contributed by atoms with Gasteiger partial charge in [0.05, 0.1) is 24.0 Å². The van der Waals surface area contributed by atoms with Crippen molar-refractivity contribution in [3.8, 4) is 11.7 Å². The van der Waals surface area contributed by atoms with E-state index in [0.29, 0.717) is 23.7 Å². The summed E-state index contributed by atoms with van der Waals surface area (Å²) in [6.07, 6.45) is -0.168. The maximum absolute atomic E-state index is 13.4. The number of aromatic nitrogens is 2. The van der Waals surface area contributed by atoms with Gasteiger partial charge in [0.15, 0.2) is 18.1 Å². The summed E-state index contributed by atoms with van der Waals surface area (Å²) in [4.78, 5) is 29.2. The molecule has 1 aromatic heterocycles. The fourth-order valence-corrected chi connectivity index (χ4v) is 4.07. The van der Waals surface area contributed by atoms with Gasteiger partial charge in [-0.05, 0) is 55.5 Å². The third kappa shape index (κ3) is 4.69. The lowest BCUT2D eigenvalue weighted by Crippen LogP contribution is -2.42. The van der Waals surface area contributed by atoms with Crippen LogP contribution >= 0.6 is 12.2 Å². The summed E-state index contributed by atoms with van der Waals surface area (Å²) in [5.74, 6) is -0.670. The van der Waals surface area contributed by atoms with Crippen LogP contribution in [0.25, 0.3) is 0 Å². The number of aryl methyl sites for hydroxylation is 1. The fourth-order valence-electron chi connectivity index (χ4n) is 3.68. The molecule has 3 aromatic rings. The second-order valence-electron chi connectivity index (χ2n) is 7.58. The quantitative estimate of drug-likeness (QED) is 0.380. The van der Waals surface area contributed by atoms with Gasteiger partial charge in [-0.2, -0.15) is 0 Å². The lowest BCUT2D eigenvalue weighted by molar-refractivity contribution is -0.746. The first-order valence-electron chi connectivity index (χ1n) is 10.6. The molecule has 1 aliphatic heterocycles. The van der Waals surface area contributed by atoms with E-state index in [9.17, 15) is 14.7 Å². The van der Waals surface area contributed by atoms with Crippen LogP contribution in [0, 0.1) is 0 Å². The molecule has 0 aliphatic carbocycles. The van der Waals surface area contributed by atoms with E-state index < -0.39 is 12.0 Å². The fraction of sp³-hybridized carbons (Fsp3) is 0.261. The summed E-state index contributed by atoms with van der Waals surface area (Å²) in [6, 6.07) is 14.9. The van der Waals surface area contributed by atoms with Crippen molar-refractivity contribution in [2.24, 2.45) is 7.05 Å². The number of carbonyl (C=O) groups excluding carboxylic acids is 2. The monoisotopic (exact) mass is 481 g/mol. The van der Waals surface area contributed by atoms with E-state index >= 15 is 0 Å². The van der Waals surface area contributed by atoms with E-state index in [2.05, 4.69) is 10.6 Å². The number of nitrogens with one attached hydrogen (secondary N) is 1. The van der Waals surface area contributed by atoms with E-state index in [0.717, 1.165) is 0 Å². The van der Waals surface area contributed by atoms with Gasteiger partial charge < -0.3 is 24.6 Å². The lowest BCUT2D eigenvalue weighted by atomic mass is 10.1. The number of rotatable bonds is 8. The molecular formula is C23H23N5O5S. The average molecular weight is 482 g/mol. The highest BCUT2D eigenvalue weighted by Gasteiger charge is 2.45. The normalized spacial score (nSPS) is 15.6. The third-order valence-electron chi connectivity index (χ3n) is 5.35. The topological polar surface area (TPSA) is 115 Å². The van der Waals surface area contributed by atoms with E-state index in [4.69, 9.17) is 21.5 Å². The molecular weight excluding hydrogens is 458 g/mol. The van der Waals surface area contributed by atoms with Crippen LogP contribution in [0.2, 0.25) is 0 Å². The van der Waals surface area contributed by atoms with Crippen LogP contribution in [0.4, 0.5) is 11.4 Å². The summed E-state index contributed by atoms with van der Waals surface area (Å²) in [5.41, 5.74) is 1.36. The Kier molecular flexibility index (Phi) is 6.73. The minimum absolute atomic E-state index is 0.0340. The minimum atomic E-state index is -0.912. The molecule has 1 saturated heterocycles. The molecule has 0 spiro atoms. The largest absolute Gasteiger partial charge is 0.539 e. The second kappa shape index (κ2) is 9.87. The molecule has 1 unspecified atom stereocenters. The van der Waals surface area contributed by atoms with Gasteiger partial charge in [-0.3, -0.25) is 14.5 Å². The second-order valence-corrected chi connectivity index (χ2v) is 7.94. The van der Waals surface area contributed by atoms with Gasteiger partial charge >= 0.3 is 0 Å². The first-order chi connectivity index (χ1) is 16.4. The van der Waals surface area contributed by atoms with Crippen LogP contribution < -0.4 is 24.7 Å². The zero-order valence-corrected chi connectivity index (χ0v) is 19.4. The molecule has 4 rings (SSSR count). The number of thiocarbonyl (C=S) groups is 1. The number of carbonyl (C=O) groups is 2.